The van der Waals surface area contributed by atoms with Gasteiger partial charge in [-0.1, -0.05) is 20.3 Å². The van der Waals surface area contributed by atoms with Crippen molar-refractivity contribution in [3.05, 3.63) is 34.6 Å². The summed E-state index contributed by atoms with van der Waals surface area (Å²) in [5.74, 6) is 0.570. The summed E-state index contributed by atoms with van der Waals surface area (Å²) in [7, 11) is 0. The van der Waals surface area contributed by atoms with Crippen molar-refractivity contribution in [1.29, 1.82) is 0 Å². The minimum atomic E-state index is -0.243. The smallest absolute Gasteiger partial charge is 0.162 e. The van der Waals surface area contributed by atoms with Crippen molar-refractivity contribution in [2.24, 2.45) is 5.92 Å². The summed E-state index contributed by atoms with van der Waals surface area (Å²) < 4.78 is 14.1. The van der Waals surface area contributed by atoms with Crippen LogP contribution in [0.5, 0.6) is 0 Å². The second-order valence-corrected chi connectivity index (χ2v) is 5.66. The van der Waals surface area contributed by atoms with Crippen LogP contribution in [0.25, 0.3) is 0 Å². The molecule has 0 unspecified atom stereocenters. The number of nitrogens with one attached hydrogen (secondary N) is 1. The lowest BCUT2D eigenvalue weighted by Crippen LogP contribution is -2.27. The minimum absolute atomic E-state index is 0.0293. The second-order valence-electron chi connectivity index (χ2n) is 5.66. The van der Waals surface area contributed by atoms with Crippen LogP contribution < -0.4 is 5.32 Å². The Morgan fingerprint density at radius 3 is 2.65 bits per heavy atom. The molecule has 0 bridgehead atoms. The van der Waals surface area contributed by atoms with Gasteiger partial charge in [-0.3, -0.25) is 4.79 Å². The Bertz CT molecular complexity index is 480. The third kappa shape index (κ3) is 3.45. The van der Waals surface area contributed by atoms with Gasteiger partial charge in [-0.25, -0.2) is 4.39 Å². The Morgan fingerprint density at radius 1 is 1.35 bits per heavy atom. The predicted molar refractivity (Wildman–Crippen MR) is 79.4 cm³/mol. The summed E-state index contributed by atoms with van der Waals surface area (Å²) in [6, 6.07) is 3.43. The molecule has 1 N–H and O–H groups in total. The van der Waals surface area contributed by atoms with Gasteiger partial charge in [0.2, 0.25) is 0 Å². The SMILES string of the molecule is CCC(=O)c1cc(CNCC2CCC2)cc(F)c1CC. The number of Topliss-reactive ketones (excluding diaryl/α,β-unsaturated/α-hetero) is 1. The number of hydrogen-bond donors (Lipinski definition) is 1. The van der Waals surface area contributed by atoms with Gasteiger partial charge in [-0.2, -0.15) is 0 Å². The molecule has 0 aromatic heterocycles. The first kappa shape index (κ1) is 15.2. The van der Waals surface area contributed by atoms with E-state index in [0.717, 1.165) is 18.0 Å². The Balaban J connectivity index is 2.08. The summed E-state index contributed by atoms with van der Waals surface area (Å²) in [5, 5.41) is 3.37. The number of benzene rings is 1. The monoisotopic (exact) mass is 277 g/mol. The molecule has 0 aliphatic heterocycles. The zero-order valence-corrected chi connectivity index (χ0v) is 12.5. The van der Waals surface area contributed by atoms with Gasteiger partial charge >= 0.3 is 0 Å². The van der Waals surface area contributed by atoms with Gasteiger partial charge in [0.15, 0.2) is 5.78 Å². The molecule has 2 nitrogen and oxygen atoms in total. The molecule has 0 spiro atoms. The predicted octanol–water partition coefficient (Wildman–Crippen LogP) is 3.87. The van der Waals surface area contributed by atoms with Gasteiger partial charge in [0.25, 0.3) is 0 Å². The lowest BCUT2D eigenvalue weighted by Gasteiger charge is -2.25. The van der Waals surface area contributed by atoms with Gasteiger partial charge in [-0.15, -0.1) is 0 Å². The number of carbonyl (C=O) groups excluding carboxylic acids is 1. The van der Waals surface area contributed by atoms with Crippen molar-refractivity contribution in [3.8, 4) is 0 Å². The molecule has 20 heavy (non-hydrogen) atoms. The van der Waals surface area contributed by atoms with Crippen LogP contribution in [-0.2, 0) is 13.0 Å². The molecule has 0 saturated heterocycles. The summed E-state index contributed by atoms with van der Waals surface area (Å²) in [4.78, 5) is 11.9. The van der Waals surface area contributed by atoms with Crippen LogP contribution in [0.1, 0.15) is 61.0 Å². The zero-order chi connectivity index (χ0) is 14.5. The summed E-state index contributed by atoms with van der Waals surface area (Å²) in [6.07, 6.45) is 4.92. The maximum Gasteiger partial charge on any atom is 0.162 e. The molecule has 1 fully saturated rings. The number of ketones is 1. The van der Waals surface area contributed by atoms with Crippen LogP contribution in [0.15, 0.2) is 12.1 Å². The fourth-order valence-electron chi connectivity index (χ4n) is 2.71. The average Bonchev–Trinajstić information content (AvgIpc) is 2.40. The highest BCUT2D eigenvalue weighted by Gasteiger charge is 2.17. The van der Waals surface area contributed by atoms with Crippen molar-refractivity contribution in [1.82, 2.24) is 5.32 Å². The Morgan fingerprint density at radius 2 is 2.10 bits per heavy atom. The minimum Gasteiger partial charge on any atom is -0.312 e. The van der Waals surface area contributed by atoms with E-state index in [9.17, 15) is 9.18 Å². The maximum absolute atomic E-state index is 14.1. The highest BCUT2D eigenvalue weighted by atomic mass is 19.1. The van der Waals surface area contributed by atoms with Crippen LogP contribution in [-0.4, -0.2) is 12.3 Å². The fourth-order valence-corrected chi connectivity index (χ4v) is 2.71. The van der Waals surface area contributed by atoms with E-state index in [4.69, 9.17) is 0 Å². The lowest BCUT2D eigenvalue weighted by molar-refractivity contribution is 0.0986. The summed E-state index contributed by atoms with van der Waals surface area (Å²) in [6.45, 7) is 5.34. The quantitative estimate of drug-likeness (QED) is 0.767. The largest absolute Gasteiger partial charge is 0.312 e. The van der Waals surface area contributed by atoms with Gasteiger partial charge in [0, 0.05) is 18.5 Å². The normalized spacial score (nSPS) is 15.2. The molecular weight excluding hydrogens is 253 g/mol. The van der Waals surface area contributed by atoms with Gasteiger partial charge in [0.1, 0.15) is 5.82 Å². The molecule has 1 aliphatic carbocycles. The molecule has 2 rings (SSSR count). The Labute approximate surface area is 120 Å². The molecule has 1 aromatic rings. The first-order valence-corrected chi connectivity index (χ1v) is 7.70. The van der Waals surface area contributed by atoms with Crippen molar-refractivity contribution in [2.75, 3.05) is 6.54 Å². The molecule has 110 valence electrons. The van der Waals surface area contributed by atoms with Gasteiger partial charge in [-0.05, 0) is 55.0 Å². The van der Waals surface area contributed by atoms with Crippen molar-refractivity contribution in [3.63, 3.8) is 0 Å². The van der Waals surface area contributed by atoms with E-state index in [2.05, 4.69) is 5.32 Å². The first-order valence-electron chi connectivity index (χ1n) is 7.70. The molecule has 1 saturated carbocycles. The molecule has 3 heteroatoms. The molecule has 0 radical (unpaired) electrons. The third-order valence-corrected chi connectivity index (χ3v) is 4.22. The Kier molecular flexibility index (Phi) is 5.30. The molecule has 0 amide bonds. The number of rotatable bonds is 7. The van der Waals surface area contributed by atoms with Crippen molar-refractivity contribution in [2.45, 2.75) is 52.5 Å². The maximum atomic E-state index is 14.1. The highest BCUT2D eigenvalue weighted by Crippen LogP contribution is 2.25. The molecular formula is C17H24FNO. The average molecular weight is 277 g/mol. The van der Waals surface area contributed by atoms with Crippen LogP contribution in [0.4, 0.5) is 4.39 Å². The van der Waals surface area contributed by atoms with Gasteiger partial charge < -0.3 is 5.32 Å². The van der Waals surface area contributed by atoms with Crippen LogP contribution in [0.2, 0.25) is 0 Å². The van der Waals surface area contributed by atoms with E-state index in [0.29, 0.717) is 30.5 Å². The first-order chi connectivity index (χ1) is 9.65. The second kappa shape index (κ2) is 6.98. The zero-order valence-electron chi connectivity index (χ0n) is 12.5. The summed E-state index contributed by atoms with van der Waals surface area (Å²) in [5.41, 5.74) is 1.99. The van der Waals surface area contributed by atoms with E-state index in [1.54, 1.807) is 6.07 Å². The molecule has 0 atom stereocenters. The molecule has 0 heterocycles. The number of hydrogen-bond acceptors (Lipinski definition) is 2. The third-order valence-electron chi connectivity index (χ3n) is 4.22. The number of carbonyl (C=O) groups is 1. The highest BCUT2D eigenvalue weighted by molar-refractivity contribution is 5.97. The van der Waals surface area contributed by atoms with E-state index in [-0.39, 0.29) is 11.6 Å². The van der Waals surface area contributed by atoms with E-state index >= 15 is 0 Å². The number of halogens is 1. The van der Waals surface area contributed by atoms with E-state index < -0.39 is 0 Å². The Hall–Kier alpha value is -1.22. The van der Waals surface area contributed by atoms with Crippen LogP contribution in [0, 0.1) is 11.7 Å². The van der Waals surface area contributed by atoms with Crippen LogP contribution in [0.3, 0.4) is 0 Å². The van der Waals surface area contributed by atoms with E-state index in [1.165, 1.54) is 19.3 Å². The van der Waals surface area contributed by atoms with Crippen molar-refractivity contribution < 1.29 is 9.18 Å². The fraction of sp³-hybridized carbons (Fsp3) is 0.588. The molecule has 1 aliphatic rings. The van der Waals surface area contributed by atoms with E-state index in [1.807, 2.05) is 19.9 Å². The molecule has 1 aromatic carbocycles. The lowest BCUT2D eigenvalue weighted by atomic mass is 9.85. The summed E-state index contributed by atoms with van der Waals surface area (Å²) >= 11 is 0. The van der Waals surface area contributed by atoms with Gasteiger partial charge in [0.05, 0.1) is 0 Å². The van der Waals surface area contributed by atoms with Crippen molar-refractivity contribution >= 4 is 5.78 Å². The topological polar surface area (TPSA) is 29.1 Å². The standard InChI is InChI=1S/C17H24FNO/c1-3-14-15(17(20)4-2)8-13(9-16(14)18)11-19-10-12-6-5-7-12/h8-9,12,19H,3-7,10-11H2,1-2H3. The van der Waals surface area contributed by atoms with Crippen LogP contribution >= 0.6 is 0 Å².